The lowest BCUT2D eigenvalue weighted by Crippen LogP contribution is -2.38. The minimum Gasteiger partial charge on any atom is -0.397 e. The highest BCUT2D eigenvalue weighted by molar-refractivity contribution is 7.17. The van der Waals surface area contributed by atoms with E-state index in [2.05, 4.69) is 20.5 Å². The van der Waals surface area contributed by atoms with E-state index in [9.17, 15) is 4.79 Å². The average molecular weight is 481 g/mol. The highest BCUT2D eigenvalue weighted by atomic mass is 32.1. The van der Waals surface area contributed by atoms with Gasteiger partial charge in [-0.05, 0) is 41.3 Å². The quantitative estimate of drug-likeness (QED) is 0.389. The van der Waals surface area contributed by atoms with Gasteiger partial charge in [0.15, 0.2) is 0 Å². The Bertz CT molecular complexity index is 1230. The molecule has 33 heavy (non-hydrogen) atoms. The lowest BCUT2D eigenvalue weighted by Gasteiger charge is -2.26. The molecule has 170 valence electrons. The van der Waals surface area contributed by atoms with Crippen molar-refractivity contribution in [3.8, 4) is 21.0 Å². The Morgan fingerprint density at radius 3 is 2.82 bits per heavy atom. The number of nitrogens with two attached hydrogens (primary N) is 1. The fraction of sp³-hybridized carbons (Fsp3) is 0.261. The zero-order valence-corrected chi connectivity index (χ0v) is 19.6. The molecule has 1 fully saturated rings. The van der Waals surface area contributed by atoms with E-state index in [0.29, 0.717) is 16.3 Å². The van der Waals surface area contributed by atoms with Gasteiger partial charge in [0.25, 0.3) is 5.91 Å². The zero-order chi connectivity index (χ0) is 22.6. The van der Waals surface area contributed by atoms with Crippen molar-refractivity contribution < 1.29 is 9.53 Å². The van der Waals surface area contributed by atoms with Gasteiger partial charge in [0.1, 0.15) is 5.69 Å². The van der Waals surface area contributed by atoms with Gasteiger partial charge < -0.3 is 15.8 Å². The smallest absolute Gasteiger partial charge is 0.265 e. The Kier molecular flexibility index (Phi) is 6.49. The highest BCUT2D eigenvalue weighted by Crippen LogP contribution is 2.31. The molecule has 8 nitrogen and oxygen atoms in total. The van der Waals surface area contributed by atoms with Crippen LogP contribution < -0.4 is 11.1 Å². The summed E-state index contributed by atoms with van der Waals surface area (Å²) in [6.45, 7) is 5.15. The summed E-state index contributed by atoms with van der Waals surface area (Å²) in [6, 6.07) is 13.4. The molecule has 0 saturated carbocycles. The summed E-state index contributed by atoms with van der Waals surface area (Å²) in [6.07, 6.45) is 1.93. The number of nitrogen functional groups attached to an aromatic ring is 1. The second-order valence-electron chi connectivity index (χ2n) is 7.72. The number of ether oxygens (including phenoxy) is 1. The normalized spacial score (nSPS) is 14.4. The topological polar surface area (TPSA) is 98.3 Å². The Balaban J connectivity index is 1.24. The summed E-state index contributed by atoms with van der Waals surface area (Å²) in [7, 11) is 0. The second kappa shape index (κ2) is 9.84. The number of benzene rings is 1. The molecule has 0 spiro atoms. The number of thiophene rings is 2. The van der Waals surface area contributed by atoms with Crippen molar-refractivity contribution in [1.82, 2.24) is 19.9 Å². The van der Waals surface area contributed by atoms with Gasteiger partial charge >= 0.3 is 0 Å². The number of aromatic nitrogens is 3. The van der Waals surface area contributed by atoms with Crippen LogP contribution in [0.1, 0.15) is 9.67 Å². The first kappa shape index (κ1) is 21.8. The van der Waals surface area contributed by atoms with E-state index in [1.54, 1.807) is 17.4 Å². The van der Waals surface area contributed by atoms with Crippen molar-refractivity contribution in [3.05, 3.63) is 58.9 Å². The van der Waals surface area contributed by atoms with E-state index >= 15 is 0 Å². The van der Waals surface area contributed by atoms with Gasteiger partial charge in [0.2, 0.25) is 0 Å². The highest BCUT2D eigenvalue weighted by Gasteiger charge is 2.15. The molecule has 3 aromatic heterocycles. The molecule has 1 amide bonds. The maximum atomic E-state index is 12.9. The molecule has 0 radical (unpaired) electrons. The first-order valence-corrected chi connectivity index (χ1v) is 12.4. The minimum absolute atomic E-state index is 0.194. The number of carbonyl (C=O) groups excluding carboxylic acids is 1. The average Bonchev–Trinajstić information content (AvgIpc) is 3.61. The van der Waals surface area contributed by atoms with Crippen molar-refractivity contribution in [3.63, 3.8) is 0 Å². The van der Waals surface area contributed by atoms with Crippen LogP contribution in [0.2, 0.25) is 0 Å². The number of nitrogens with zero attached hydrogens (tertiary/aromatic N) is 4. The van der Waals surface area contributed by atoms with E-state index in [1.807, 2.05) is 52.7 Å². The summed E-state index contributed by atoms with van der Waals surface area (Å²) in [5.74, 6) is -0.194. The molecule has 0 bridgehead atoms. The third-order valence-corrected chi connectivity index (χ3v) is 7.50. The predicted octanol–water partition coefficient (Wildman–Crippen LogP) is 3.90. The lowest BCUT2D eigenvalue weighted by molar-refractivity contribution is 0.0359. The Morgan fingerprint density at radius 1 is 1.12 bits per heavy atom. The fourth-order valence-corrected chi connectivity index (χ4v) is 5.21. The number of hydrogen-bond acceptors (Lipinski definition) is 8. The fourth-order valence-electron chi connectivity index (χ4n) is 3.63. The van der Waals surface area contributed by atoms with Gasteiger partial charge in [0, 0.05) is 24.5 Å². The molecule has 0 unspecified atom stereocenters. The summed E-state index contributed by atoms with van der Waals surface area (Å²) in [5.41, 5.74) is 9.04. The number of morpholine rings is 1. The maximum absolute atomic E-state index is 12.9. The van der Waals surface area contributed by atoms with Crippen molar-refractivity contribution >= 4 is 40.0 Å². The van der Waals surface area contributed by atoms with Gasteiger partial charge in [-0.25, -0.2) is 0 Å². The molecule has 0 atom stereocenters. The van der Waals surface area contributed by atoms with Crippen LogP contribution in [0.25, 0.3) is 21.0 Å². The number of hydrogen-bond donors (Lipinski definition) is 2. The van der Waals surface area contributed by atoms with Crippen LogP contribution in [0.15, 0.2) is 54.0 Å². The summed E-state index contributed by atoms with van der Waals surface area (Å²) >= 11 is 3.03. The molecular weight excluding hydrogens is 456 g/mol. The molecule has 1 aliphatic rings. The molecule has 10 heteroatoms. The standard InChI is InChI=1S/C23H24N6O2S2/c24-17-4-3-16(20-2-1-13-32-20)14-18(17)25-23(30)22-6-5-21(33-22)19-15-29(27-26-19)8-7-28-9-11-31-12-10-28/h1-6,13-15H,7-12,24H2,(H,25,30). The van der Waals surface area contributed by atoms with Crippen LogP contribution in [0.4, 0.5) is 11.4 Å². The predicted molar refractivity (Wildman–Crippen MR) is 133 cm³/mol. The maximum Gasteiger partial charge on any atom is 0.265 e. The van der Waals surface area contributed by atoms with E-state index < -0.39 is 0 Å². The minimum atomic E-state index is -0.194. The van der Waals surface area contributed by atoms with Crippen molar-refractivity contribution in [2.24, 2.45) is 0 Å². The van der Waals surface area contributed by atoms with Gasteiger partial charge in [0.05, 0.1) is 47.1 Å². The number of rotatable bonds is 7. The number of anilines is 2. The summed E-state index contributed by atoms with van der Waals surface area (Å²) in [4.78, 5) is 17.9. The summed E-state index contributed by atoms with van der Waals surface area (Å²) in [5, 5.41) is 13.5. The van der Waals surface area contributed by atoms with E-state index in [4.69, 9.17) is 10.5 Å². The van der Waals surface area contributed by atoms with E-state index in [0.717, 1.165) is 60.4 Å². The van der Waals surface area contributed by atoms with Gasteiger partial charge in [-0.2, -0.15) is 0 Å². The molecular formula is C23H24N6O2S2. The van der Waals surface area contributed by atoms with Gasteiger partial charge in [-0.3, -0.25) is 14.4 Å². The Labute approximate surface area is 199 Å². The second-order valence-corrected chi connectivity index (χ2v) is 9.75. The first-order valence-electron chi connectivity index (χ1n) is 10.7. The number of carbonyl (C=O) groups is 1. The summed E-state index contributed by atoms with van der Waals surface area (Å²) < 4.78 is 7.24. The molecule has 1 saturated heterocycles. The Hall–Kier alpha value is -3.05. The molecule has 3 N–H and O–H groups in total. The van der Waals surface area contributed by atoms with Crippen molar-refractivity contribution in [1.29, 1.82) is 0 Å². The zero-order valence-electron chi connectivity index (χ0n) is 17.9. The first-order chi connectivity index (χ1) is 16.2. The van der Waals surface area contributed by atoms with Crippen LogP contribution in [0.3, 0.4) is 0 Å². The van der Waals surface area contributed by atoms with Gasteiger partial charge in [-0.15, -0.1) is 27.8 Å². The largest absolute Gasteiger partial charge is 0.397 e. The molecule has 1 aromatic carbocycles. The van der Waals surface area contributed by atoms with Crippen LogP contribution in [-0.2, 0) is 11.3 Å². The third kappa shape index (κ3) is 5.14. The molecule has 5 rings (SSSR count). The van der Waals surface area contributed by atoms with Crippen LogP contribution in [-0.4, -0.2) is 58.6 Å². The van der Waals surface area contributed by atoms with Crippen molar-refractivity contribution in [2.45, 2.75) is 6.54 Å². The van der Waals surface area contributed by atoms with E-state index in [-0.39, 0.29) is 5.91 Å². The molecule has 1 aliphatic heterocycles. The Morgan fingerprint density at radius 2 is 2.00 bits per heavy atom. The number of nitrogens with one attached hydrogen (secondary N) is 1. The van der Waals surface area contributed by atoms with Gasteiger partial charge in [-0.1, -0.05) is 17.3 Å². The van der Waals surface area contributed by atoms with Crippen LogP contribution in [0, 0.1) is 0 Å². The van der Waals surface area contributed by atoms with E-state index in [1.165, 1.54) is 11.3 Å². The SMILES string of the molecule is Nc1ccc(-c2cccs2)cc1NC(=O)c1ccc(-c2cn(CCN3CCOCC3)nn2)s1. The monoisotopic (exact) mass is 480 g/mol. The third-order valence-electron chi connectivity index (χ3n) is 5.48. The molecule has 4 heterocycles. The number of amides is 1. The van der Waals surface area contributed by atoms with Crippen LogP contribution >= 0.6 is 22.7 Å². The van der Waals surface area contributed by atoms with Crippen LogP contribution in [0.5, 0.6) is 0 Å². The van der Waals surface area contributed by atoms with Crippen molar-refractivity contribution in [2.75, 3.05) is 43.9 Å². The lowest BCUT2D eigenvalue weighted by atomic mass is 10.1. The molecule has 0 aliphatic carbocycles. The molecule has 4 aromatic rings.